The van der Waals surface area contributed by atoms with Crippen molar-refractivity contribution in [3.05, 3.63) is 17.7 Å². The van der Waals surface area contributed by atoms with E-state index in [9.17, 15) is 8.42 Å². The van der Waals surface area contributed by atoms with E-state index in [1.54, 1.807) is 13.0 Å². The molecule has 1 aromatic carbocycles. The number of benzene rings is 1. The molecule has 0 radical (unpaired) electrons. The van der Waals surface area contributed by atoms with E-state index in [-0.39, 0.29) is 16.9 Å². The molecule has 0 aromatic heterocycles. The molecule has 1 unspecified atom stereocenters. The fourth-order valence-corrected chi connectivity index (χ4v) is 3.33. The van der Waals surface area contributed by atoms with Crippen LogP contribution in [0.3, 0.4) is 0 Å². The second-order valence-electron chi connectivity index (χ2n) is 5.13. The lowest BCUT2D eigenvalue weighted by atomic mass is 10.1. The number of rotatable bonds is 6. The molecule has 1 rings (SSSR count). The van der Waals surface area contributed by atoms with Crippen molar-refractivity contribution in [2.75, 3.05) is 14.2 Å². The molecule has 0 aliphatic heterocycles. The van der Waals surface area contributed by atoms with Crippen molar-refractivity contribution in [1.82, 2.24) is 4.72 Å². The van der Waals surface area contributed by atoms with E-state index in [4.69, 9.17) is 9.47 Å². The van der Waals surface area contributed by atoms with Crippen LogP contribution in [-0.4, -0.2) is 28.7 Å². The molecule has 0 heterocycles. The Kier molecular flexibility index (Phi) is 5.42. The second-order valence-corrected chi connectivity index (χ2v) is 6.81. The van der Waals surface area contributed by atoms with E-state index in [1.807, 2.05) is 20.8 Å². The maximum atomic E-state index is 12.4. The van der Waals surface area contributed by atoms with Gasteiger partial charge in [-0.3, -0.25) is 0 Å². The Morgan fingerprint density at radius 1 is 1.05 bits per heavy atom. The maximum Gasteiger partial charge on any atom is 0.241 e. The third kappa shape index (κ3) is 3.64. The standard InChI is InChI=1S/C14H23NO4S/c1-9(2)11(4)15-20(16,17)14-8-13(19-6)12(18-5)7-10(14)3/h7-9,11,15H,1-6H3. The Morgan fingerprint density at radius 2 is 1.55 bits per heavy atom. The van der Waals surface area contributed by atoms with Crippen LogP contribution in [0.1, 0.15) is 26.3 Å². The quantitative estimate of drug-likeness (QED) is 0.876. The molecule has 0 saturated heterocycles. The first kappa shape index (κ1) is 16.8. The zero-order chi connectivity index (χ0) is 15.5. The molecule has 0 fully saturated rings. The van der Waals surface area contributed by atoms with Gasteiger partial charge in [-0.1, -0.05) is 13.8 Å². The van der Waals surface area contributed by atoms with E-state index in [2.05, 4.69) is 4.72 Å². The van der Waals surface area contributed by atoms with Gasteiger partial charge in [0.05, 0.1) is 19.1 Å². The number of nitrogens with one attached hydrogen (secondary N) is 1. The summed E-state index contributed by atoms with van der Waals surface area (Å²) in [5.74, 6) is 1.13. The van der Waals surface area contributed by atoms with E-state index >= 15 is 0 Å². The van der Waals surface area contributed by atoms with Gasteiger partial charge < -0.3 is 9.47 Å². The number of methoxy groups -OCH3 is 2. The Hall–Kier alpha value is -1.27. The molecule has 6 heteroatoms. The molecule has 20 heavy (non-hydrogen) atoms. The largest absolute Gasteiger partial charge is 0.493 e. The van der Waals surface area contributed by atoms with Gasteiger partial charge in [0, 0.05) is 12.1 Å². The zero-order valence-electron chi connectivity index (χ0n) is 12.9. The predicted octanol–water partition coefficient (Wildman–Crippen LogP) is 2.34. The van der Waals surface area contributed by atoms with Gasteiger partial charge in [-0.25, -0.2) is 13.1 Å². The summed E-state index contributed by atoms with van der Waals surface area (Å²) < 4.78 is 37.9. The van der Waals surface area contributed by atoms with Crippen molar-refractivity contribution >= 4 is 10.0 Å². The smallest absolute Gasteiger partial charge is 0.241 e. The highest BCUT2D eigenvalue weighted by Crippen LogP contribution is 2.32. The van der Waals surface area contributed by atoms with Crippen LogP contribution in [0.5, 0.6) is 11.5 Å². The van der Waals surface area contributed by atoms with Gasteiger partial charge in [0.25, 0.3) is 0 Å². The fourth-order valence-electron chi connectivity index (χ4n) is 1.70. The highest BCUT2D eigenvalue weighted by atomic mass is 32.2. The SMILES string of the molecule is COc1cc(C)c(S(=O)(=O)NC(C)C(C)C)cc1OC. The minimum Gasteiger partial charge on any atom is -0.493 e. The molecule has 114 valence electrons. The van der Waals surface area contributed by atoms with Crippen LogP contribution in [0.2, 0.25) is 0 Å². The van der Waals surface area contributed by atoms with Gasteiger partial charge in [-0.15, -0.1) is 0 Å². The Bertz CT molecular complexity index is 567. The molecule has 1 aromatic rings. The lowest BCUT2D eigenvalue weighted by Gasteiger charge is -2.19. The normalized spacial score (nSPS) is 13.3. The zero-order valence-corrected chi connectivity index (χ0v) is 13.7. The lowest BCUT2D eigenvalue weighted by molar-refractivity contribution is 0.353. The first-order valence-corrected chi connectivity index (χ1v) is 7.96. The summed E-state index contributed by atoms with van der Waals surface area (Å²) in [6.45, 7) is 7.51. The highest BCUT2D eigenvalue weighted by Gasteiger charge is 2.23. The van der Waals surface area contributed by atoms with Gasteiger partial charge in [0.2, 0.25) is 10.0 Å². The van der Waals surface area contributed by atoms with Crippen LogP contribution in [0.15, 0.2) is 17.0 Å². The summed E-state index contributed by atoms with van der Waals surface area (Å²) in [6.07, 6.45) is 0. The molecular weight excluding hydrogens is 278 g/mol. The third-order valence-electron chi connectivity index (χ3n) is 3.31. The van der Waals surface area contributed by atoms with Crippen molar-refractivity contribution in [2.24, 2.45) is 5.92 Å². The monoisotopic (exact) mass is 301 g/mol. The summed E-state index contributed by atoms with van der Waals surface area (Å²) in [7, 11) is -0.580. The molecule has 1 atom stereocenters. The summed E-state index contributed by atoms with van der Waals surface area (Å²) >= 11 is 0. The maximum absolute atomic E-state index is 12.4. The van der Waals surface area contributed by atoms with E-state index in [0.717, 1.165) is 0 Å². The van der Waals surface area contributed by atoms with E-state index in [1.165, 1.54) is 20.3 Å². The number of ether oxygens (including phenoxy) is 2. The molecular formula is C14H23NO4S. The average molecular weight is 301 g/mol. The third-order valence-corrected chi connectivity index (χ3v) is 5.01. The van der Waals surface area contributed by atoms with Gasteiger partial charge in [0.1, 0.15) is 0 Å². The van der Waals surface area contributed by atoms with Crippen LogP contribution >= 0.6 is 0 Å². The lowest BCUT2D eigenvalue weighted by Crippen LogP contribution is -2.36. The fraction of sp³-hybridized carbons (Fsp3) is 0.571. The Balaban J connectivity index is 3.25. The van der Waals surface area contributed by atoms with Crippen molar-refractivity contribution in [3.8, 4) is 11.5 Å². The summed E-state index contributed by atoms with van der Waals surface area (Å²) in [4.78, 5) is 0.211. The number of hydrogen-bond acceptors (Lipinski definition) is 4. The molecule has 0 bridgehead atoms. The molecule has 0 spiro atoms. The molecule has 0 aliphatic carbocycles. The van der Waals surface area contributed by atoms with Gasteiger partial charge in [-0.05, 0) is 31.4 Å². The van der Waals surface area contributed by atoms with Gasteiger partial charge in [0.15, 0.2) is 11.5 Å². The molecule has 0 saturated carbocycles. The molecule has 5 nitrogen and oxygen atoms in total. The van der Waals surface area contributed by atoms with Crippen molar-refractivity contribution in [2.45, 2.75) is 38.6 Å². The van der Waals surface area contributed by atoms with Crippen LogP contribution in [0.25, 0.3) is 0 Å². The van der Waals surface area contributed by atoms with E-state index < -0.39 is 10.0 Å². The highest BCUT2D eigenvalue weighted by molar-refractivity contribution is 7.89. The summed E-state index contributed by atoms with van der Waals surface area (Å²) in [5, 5.41) is 0. The number of aryl methyl sites for hydroxylation is 1. The van der Waals surface area contributed by atoms with Crippen LogP contribution in [-0.2, 0) is 10.0 Å². The van der Waals surface area contributed by atoms with Gasteiger partial charge in [-0.2, -0.15) is 0 Å². The Labute approximate surface area is 121 Å². The number of hydrogen-bond donors (Lipinski definition) is 1. The molecule has 1 N–H and O–H groups in total. The first-order valence-electron chi connectivity index (χ1n) is 6.48. The summed E-state index contributed by atoms with van der Waals surface area (Å²) in [5.41, 5.74) is 0.617. The molecule has 0 amide bonds. The first-order chi connectivity index (χ1) is 9.22. The topological polar surface area (TPSA) is 64.6 Å². The van der Waals surface area contributed by atoms with Crippen LogP contribution < -0.4 is 14.2 Å². The second kappa shape index (κ2) is 6.45. The minimum atomic E-state index is -3.58. The van der Waals surface area contributed by atoms with Crippen LogP contribution in [0, 0.1) is 12.8 Å². The van der Waals surface area contributed by atoms with Crippen LogP contribution in [0.4, 0.5) is 0 Å². The van der Waals surface area contributed by atoms with Crippen molar-refractivity contribution < 1.29 is 17.9 Å². The van der Waals surface area contributed by atoms with Gasteiger partial charge >= 0.3 is 0 Å². The molecule has 0 aliphatic rings. The number of sulfonamides is 1. The minimum absolute atomic E-state index is 0.146. The van der Waals surface area contributed by atoms with Crippen molar-refractivity contribution in [3.63, 3.8) is 0 Å². The Morgan fingerprint density at radius 3 is 2.00 bits per heavy atom. The average Bonchev–Trinajstić information content (AvgIpc) is 2.37. The van der Waals surface area contributed by atoms with E-state index in [0.29, 0.717) is 17.1 Å². The predicted molar refractivity (Wildman–Crippen MR) is 78.9 cm³/mol. The van der Waals surface area contributed by atoms with Crippen molar-refractivity contribution in [1.29, 1.82) is 0 Å². The summed E-state index contributed by atoms with van der Waals surface area (Å²) in [6, 6.07) is 3.00.